The van der Waals surface area contributed by atoms with E-state index in [-0.39, 0.29) is 60.8 Å². The number of hydrogen-bond donors (Lipinski definition) is 3. The standard InChI is InChI=1S/C46H71N5O8/c1-12-31(6)41(50(9)45(55)40(30(4)5)49-44(54)39(47-8)29(2)3)37(57-10)27-38(52)51-25-19-24-36(51)42(58-11)32(7)43(53)48-35(26-33-20-15-13-16-21-33)46(56)59-28-34-22-17-14-18-23-34/h13-18,20-23,29-32,35-37,39-42,47H,12,19,24-28H2,1-11H3,(H,48,53)(H,49,54)/t31-,32+,35-,36-,37+,39-,40-,41-,42+/m0/s1. The number of carbonyl (C=O) groups excluding carboxylic acids is 5. The first-order valence-electron chi connectivity index (χ1n) is 21.2. The molecule has 1 fully saturated rings. The fraction of sp³-hybridized carbons (Fsp3) is 0.630. The number of benzene rings is 2. The molecule has 9 atom stereocenters. The van der Waals surface area contributed by atoms with E-state index in [9.17, 15) is 24.0 Å². The van der Waals surface area contributed by atoms with Crippen molar-refractivity contribution >= 4 is 29.6 Å². The molecule has 2 aromatic rings. The first kappa shape index (κ1) is 49.0. The summed E-state index contributed by atoms with van der Waals surface area (Å²) in [7, 11) is 6.53. The summed E-state index contributed by atoms with van der Waals surface area (Å²) >= 11 is 0. The van der Waals surface area contributed by atoms with Gasteiger partial charge in [0, 0.05) is 34.2 Å². The number of nitrogens with zero attached hydrogens (tertiary/aromatic N) is 2. The normalized spacial score (nSPS) is 18.3. The van der Waals surface area contributed by atoms with Crippen LogP contribution in [-0.2, 0) is 51.2 Å². The van der Waals surface area contributed by atoms with Crippen molar-refractivity contribution in [2.75, 3.05) is 34.9 Å². The fourth-order valence-electron chi connectivity index (χ4n) is 8.22. The van der Waals surface area contributed by atoms with E-state index in [1.54, 1.807) is 37.9 Å². The van der Waals surface area contributed by atoms with Gasteiger partial charge in [0.25, 0.3) is 0 Å². The number of carbonyl (C=O) groups is 5. The highest BCUT2D eigenvalue weighted by Crippen LogP contribution is 2.30. The van der Waals surface area contributed by atoms with Crippen LogP contribution >= 0.6 is 0 Å². The molecule has 0 saturated carbocycles. The number of esters is 1. The maximum atomic E-state index is 14.3. The van der Waals surface area contributed by atoms with Crippen molar-refractivity contribution in [3.8, 4) is 0 Å². The van der Waals surface area contributed by atoms with Gasteiger partial charge in [0.1, 0.15) is 18.7 Å². The van der Waals surface area contributed by atoms with Crippen molar-refractivity contribution in [3.05, 3.63) is 71.8 Å². The van der Waals surface area contributed by atoms with E-state index in [1.807, 2.05) is 102 Å². The van der Waals surface area contributed by atoms with Crippen LogP contribution in [0.2, 0.25) is 0 Å². The van der Waals surface area contributed by atoms with Gasteiger partial charge in [0.2, 0.25) is 23.6 Å². The van der Waals surface area contributed by atoms with Crippen LogP contribution in [0, 0.1) is 23.7 Å². The summed E-state index contributed by atoms with van der Waals surface area (Å²) in [6.07, 6.45) is 0.981. The first-order chi connectivity index (χ1) is 28.1. The summed E-state index contributed by atoms with van der Waals surface area (Å²) in [5, 5.41) is 8.98. The summed E-state index contributed by atoms with van der Waals surface area (Å²) in [4.78, 5) is 72.7. The van der Waals surface area contributed by atoms with Crippen molar-refractivity contribution in [2.24, 2.45) is 23.7 Å². The first-order valence-corrected chi connectivity index (χ1v) is 21.2. The summed E-state index contributed by atoms with van der Waals surface area (Å²) in [6.45, 7) is 14.1. The van der Waals surface area contributed by atoms with E-state index >= 15 is 0 Å². The number of rotatable bonds is 23. The van der Waals surface area contributed by atoms with Gasteiger partial charge in [-0.15, -0.1) is 0 Å². The molecule has 1 aliphatic heterocycles. The average molecular weight is 822 g/mol. The number of methoxy groups -OCH3 is 2. The van der Waals surface area contributed by atoms with E-state index in [1.165, 1.54) is 7.11 Å². The Bertz CT molecular complexity index is 1630. The molecular formula is C46H71N5O8. The molecule has 2 aromatic carbocycles. The molecule has 13 nitrogen and oxygen atoms in total. The Balaban J connectivity index is 1.79. The molecule has 3 rings (SSSR count). The third kappa shape index (κ3) is 13.6. The minimum absolute atomic E-state index is 0.00305. The minimum atomic E-state index is -0.946. The largest absolute Gasteiger partial charge is 0.459 e. The Labute approximate surface area is 352 Å². The van der Waals surface area contributed by atoms with Gasteiger partial charge in [-0.1, -0.05) is 116 Å². The molecule has 59 heavy (non-hydrogen) atoms. The van der Waals surface area contributed by atoms with Crippen LogP contribution in [0.15, 0.2) is 60.7 Å². The topological polar surface area (TPSA) is 156 Å². The monoisotopic (exact) mass is 822 g/mol. The number of likely N-dealkylation sites (tertiary alicyclic amines) is 1. The molecule has 0 spiro atoms. The summed E-state index contributed by atoms with van der Waals surface area (Å²) in [5.74, 6) is -2.54. The van der Waals surface area contributed by atoms with Gasteiger partial charge in [-0.2, -0.15) is 0 Å². The quantitative estimate of drug-likeness (QED) is 0.135. The Morgan fingerprint density at radius 3 is 1.93 bits per heavy atom. The molecule has 0 bridgehead atoms. The van der Waals surface area contributed by atoms with Crippen LogP contribution < -0.4 is 16.0 Å². The van der Waals surface area contributed by atoms with E-state index in [2.05, 4.69) is 16.0 Å². The second-order valence-electron chi connectivity index (χ2n) is 16.7. The van der Waals surface area contributed by atoms with Crippen LogP contribution in [0.5, 0.6) is 0 Å². The second-order valence-corrected chi connectivity index (χ2v) is 16.7. The fourth-order valence-corrected chi connectivity index (χ4v) is 8.22. The van der Waals surface area contributed by atoms with Crippen molar-refractivity contribution < 1.29 is 38.2 Å². The van der Waals surface area contributed by atoms with Crippen molar-refractivity contribution in [1.82, 2.24) is 25.8 Å². The third-order valence-corrected chi connectivity index (χ3v) is 11.9. The lowest BCUT2D eigenvalue weighted by Gasteiger charge is -2.41. The van der Waals surface area contributed by atoms with Gasteiger partial charge >= 0.3 is 5.97 Å². The highest BCUT2D eigenvalue weighted by Gasteiger charge is 2.43. The maximum Gasteiger partial charge on any atom is 0.329 e. The lowest BCUT2D eigenvalue weighted by molar-refractivity contribution is -0.151. The molecular weight excluding hydrogens is 751 g/mol. The highest BCUT2D eigenvalue weighted by atomic mass is 16.5. The molecule has 13 heteroatoms. The highest BCUT2D eigenvalue weighted by molar-refractivity contribution is 5.90. The third-order valence-electron chi connectivity index (χ3n) is 11.9. The van der Waals surface area contributed by atoms with Crippen molar-refractivity contribution in [3.63, 3.8) is 0 Å². The molecule has 0 radical (unpaired) electrons. The number of likely N-dealkylation sites (N-methyl/N-ethyl adjacent to an activating group) is 2. The van der Waals surface area contributed by atoms with Crippen LogP contribution in [0.3, 0.4) is 0 Å². The van der Waals surface area contributed by atoms with E-state index < -0.39 is 54.3 Å². The SMILES string of the molecule is CC[C@H](C)[C@@H]([C@@H](CC(=O)N1CCC[C@H]1[C@H](OC)[C@@H](C)C(=O)N[C@@H](Cc1ccccc1)C(=O)OCc1ccccc1)OC)N(C)C(=O)[C@@H](NC(=O)[C@@H](NC)C(C)C)C(C)C. The summed E-state index contributed by atoms with van der Waals surface area (Å²) in [6, 6.07) is 15.7. The predicted octanol–water partition coefficient (Wildman–Crippen LogP) is 4.76. The van der Waals surface area contributed by atoms with E-state index in [0.29, 0.717) is 13.0 Å². The molecule has 1 aliphatic rings. The van der Waals surface area contributed by atoms with Crippen LogP contribution in [-0.4, -0.2) is 117 Å². The van der Waals surface area contributed by atoms with Crippen LogP contribution in [0.25, 0.3) is 0 Å². The zero-order valence-electron chi connectivity index (χ0n) is 37.2. The molecule has 0 aromatic heterocycles. The number of amides is 4. The van der Waals surface area contributed by atoms with Gasteiger partial charge < -0.3 is 40.0 Å². The van der Waals surface area contributed by atoms with Gasteiger partial charge in [0.05, 0.1) is 42.7 Å². The summed E-state index contributed by atoms with van der Waals surface area (Å²) < 4.78 is 17.7. The lowest BCUT2D eigenvalue weighted by atomic mass is 9.89. The van der Waals surface area contributed by atoms with Gasteiger partial charge in [0.15, 0.2) is 0 Å². The molecule has 0 unspecified atom stereocenters. The average Bonchev–Trinajstić information content (AvgIpc) is 3.71. The number of ether oxygens (including phenoxy) is 3. The maximum absolute atomic E-state index is 14.3. The zero-order valence-corrected chi connectivity index (χ0v) is 37.2. The van der Waals surface area contributed by atoms with Gasteiger partial charge in [-0.25, -0.2) is 4.79 Å². The molecule has 328 valence electrons. The van der Waals surface area contributed by atoms with E-state index in [0.717, 1.165) is 24.0 Å². The molecule has 3 N–H and O–H groups in total. The number of hydrogen-bond acceptors (Lipinski definition) is 9. The Morgan fingerprint density at radius 2 is 1.41 bits per heavy atom. The number of nitrogens with one attached hydrogen (secondary N) is 3. The van der Waals surface area contributed by atoms with Crippen LogP contribution in [0.1, 0.15) is 85.3 Å². The van der Waals surface area contributed by atoms with Crippen LogP contribution in [0.4, 0.5) is 0 Å². The molecule has 1 saturated heterocycles. The van der Waals surface area contributed by atoms with E-state index in [4.69, 9.17) is 14.2 Å². The molecule has 4 amide bonds. The Hall–Kier alpha value is -4.33. The zero-order chi connectivity index (χ0) is 43.8. The van der Waals surface area contributed by atoms with Gasteiger partial charge in [-0.3, -0.25) is 19.2 Å². The van der Waals surface area contributed by atoms with Crippen molar-refractivity contribution in [1.29, 1.82) is 0 Å². The molecule has 1 heterocycles. The predicted molar refractivity (Wildman–Crippen MR) is 229 cm³/mol. The second kappa shape index (κ2) is 24.1. The molecule has 0 aliphatic carbocycles. The van der Waals surface area contributed by atoms with Crippen molar-refractivity contribution in [2.45, 2.75) is 130 Å². The Morgan fingerprint density at radius 1 is 0.814 bits per heavy atom. The minimum Gasteiger partial charge on any atom is -0.459 e. The lowest BCUT2D eigenvalue weighted by Crippen LogP contribution is -2.59. The Kier molecular flexibility index (Phi) is 20.0. The van der Waals surface area contributed by atoms with Gasteiger partial charge in [-0.05, 0) is 48.8 Å². The summed E-state index contributed by atoms with van der Waals surface area (Å²) in [5.41, 5.74) is 1.70. The smallest absolute Gasteiger partial charge is 0.329 e.